The molecule has 1 fully saturated rings. The molecule has 0 amide bonds. The molecule has 0 aromatic carbocycles. The van der Waals surface area contributed by atoms with E-state index in [0.29, 0.717) is 0 Å². The van der Waals surface area contributed by atoms with Crippen LogP contribution < -0.4 is 0 Å². The molecule has 2 atom stereocenters. The summed E-state index contributed by atoms with van der Waals surface area (Å²) in [5.74, 6) is -0.0589. The Morgan fingerprint density at radius 3 is 1.79 bits per heavy atom. The molecule has 0 aromatic heterocycles. The van der Waals surface area contributed by atoms with Gasteiger partial charge in [-0.3, -0.25) is 0 Å². The molecule has 1 aliphatic carbocycles. The van der Waals surface area contributed by atoms with Crippen LogP contribution in [0.3, 0.4) is 0 Å². The Kier molecular flexibility index (Phi) is 4.88. The third-order valence-electron chi connectivity index (χ3n) is 2.96. The monoisotopic (exact) mass is 201 g/mol. The van der Waals surface area contributed by atoms with Crippen LogP contribution in [0.2, 0.25) is 5.82 Å². The van der Waals surface area contributed by atoms with Gasteiger partial charge in [0.25, 0.3) is 7.48 Å². The summed E-state index contributed by atoms with van der Waals surface area (Å²) in [5.41, 5.74) is 0. The molecule has 1 saturated carbocycles. The third-order valence-corrected chi connectivity index (χ3v) is 2.96. The van der Waals surface area contributed by atoms with Crippen molar-refractivity contribution in [3.63, 3.8) is 0 Å². The predicted molar refractivity (Wildman–Crippen MR) is 53.3 cm³/mol. The van der Waals surface area contributed by atoms with Gasteiger partial charge in [-0.25, -0.2) is 0 Å². The van der Waals surface area contributed by atoms with Crippen LogP contribution in [0, 0.1) is 0 Å². The molecule has 5 heteroatoms. The lowest BCUT2D eigenvalue weighted by atomic mass is 9.66. The van der Waals surface area contributed by atoms with Gasteiger partial charge in [-0.2, -0.15) is 0 Å². The molecule has 0 heterocycles. The lowest BCUT2D eigenvalue weighted by Gasteiger charge is -2.38. The average molecular weight is 201 g/mol. The smallest absolute Gasteiger partial charge is 0.296 e. The molecule has 0 aromatic rings. The largest absolute Gasteiger partial charge is 0.454 e. The van der Waals surface area contributed by atoms with E-state index in [1.165, 1.54) is 7.48 Å². The Morgan fingerprint density at radius 2 is 1.50 bits per heavy atom. The van der Waals surface area contributed by atoms with E-state index >= 15 is 0 Å². The lowest BCUT2D eigenvalue weighted by Crippen LogP contribution is -2.43. The second kappa shape index (κ2) is 5.71. The maximum absolute atomic E-state index is 9.13. The Balaban J connectivity index is 2.63. The molecule has 2 unspecified atom stereocenters. The quantitative estimate of drug-likeness (QED) is 0.661. The first-order valence-corrected chi connectivity index (χ1v) is 4.82. The normalized spacial score (nSPS) is 38.3. The number of ether oxygens (including phenoxy) is 3. The molecule has 1 aliphatic rings. The first-order chi connectivity index (χ1) is 6.76. The number of methoxy groups -OCH3 is 3. The molecule has 0 saturated heterocycles. The van der Waals surface area contributed by atoms with Gasteiger partial charge in [0.2, 0.25) is 0 Å². The van der Waals surface area contributed by atoms with Crippen LogP contribution in [-0.4, -0.2) is 52.1 Å². The van der Waals surface area contributed by atoms with Crippen LogP contribution in [-0.2, 0) is 14.2 Å². The first-order valence-electron chi connectivity index (χ1n) is 4.82. The van der Waals surface area contributed by atoms with Crippen LogP contribution in [0.25, 0.3) is 0 Å². The van der Waals surface area contributed by atoms with Gasteiger partial charge in [-0.1, -0.05) is 0 Å². The van der Waals surface area contributed by atoms with Gasteiger partial charge in [0, 0.05) is 27.1 Å². The second-order valence-corrected chi connectivity index (χ2v) is 3.60. The summed E-state index contributed by atoms with van der Waals surface area (Å²) >= 11 is 0. The predicted octanol–water partition coefficient (Wildman–Crippen LogP) is 0.225. The highest BCUT2D eigenvalue weighted by molar-refractivity contribution is 6.28. The molecule has 81 valence electrons. The molecule has 0 spiro atoms. The Labute approximate surface area is 85.8 Å². The molecule has 1 radical (unpaired) electrons. The minimum Gasteiger partial charge on any atom is -0.454 e. The summed E-state index contributed by atoms with van der Waals surface area (Å²) in [7, 11) is 6.15. The Bertz CT molecular complexity index is 153. The highest BCUT2D eigenvalue weighted by Crippen LogP contribution is 2.33. The zero-order valence-corrected chi connectivity index (χ0v) is 8.97. The summed E-state index contributed by atoms with van der Waals surface area (Å²) in [4.78, 5) is 0. The fourth-order valence-electron chi connectivity index (χ4n) is 2.06. The van der Waals surface area contributed by atoms with Gasteiger partial charge in [0.05, 0.1) is 18.3 Å². The maximum atomic E-state index is 9.13. The standard InChI is InChI=1S/C9H18BO4/c1-12-6-4-7(13-2)9(10-11)8(5-6)14-3/h6-9,11H,4-5H2,1-3H3. The minimum atomic E-state index is -0.0589. The van der Waals surface area contributed by atoms with Crippen LogP contribution >= 0.6 is 0 Å². The summed E-state index contributed by atoms with van der Waals surface area (Å²) < 4.78 is 15.9. The maximum Gasteiger partial charge on any atom is 0.296 e. The van der Waals surface area contributed by atoms with Crippen molar-refractivity contribution in [3.05, 3.63) is 0 Å². The van der Waals surface area contributed by atoms with Gasteiger partial charge in [-0.05, 0) is 12.8 Å². The van der Waals surface area contributed by atoms with E-state index in [9.17, 15) is 0 Å². The molecule has 4 nitrogen and oxygen atoms in total. The summed E-state index contributed by atoms with van der Waals surface area (Å²) in [6, 6.07) is 0. The van der Waals surface area contributed by atoms with E-state index in [4.69, 9.17) is 19.2 Å². The zero-order chi connectivity index (χ0) is 10.6. The lowest BCUT2D eigenvalue weighted by molar-refractivity contribution is -0.0707. The van der Waals surface area contributed by atoms with Crippen LogP contribution in [0.4, 0.5) is 0 Å². The van der Waals surface area contributed by atoms with Crippen LogP contribution in [0.1, 0.15) is 12.8 Å². The van der Waals surface area contributed by atoms with E-state index in [1.54, 1.807) is 21.3 Å². The van der Waals surface area contributed by atoms with E-state index < -0.39 is 0 Å². The van der Waals surface area contributed by atoms with Crippen LogP contribution in [0.5, 0.6) is 0 Å². The molecular weight excluding hydrogens is 183 g/mol. The van der Waals surface area contributed by atoms with E-state index in [-0.39, 0.29) is 24.1 Å². The number of hydrogen-bond donors (Lipinski definition) is 1. The molecule has 0 aliphatic heterocycles. The first kappa shape index (κ1) is 12.0. The molecule has 0 bridgehead atoms. The zero-order valence-electron chi connectivity index (χ0n) is 8.97. The number of rotatable bonds is 4. The second-order valence-electron chi connectivity index (χ2n) is 3.60. The van der Waals surface area contributed by atoms with Crippen molar-refractivity contribution in [2.45, 2.75) is 37.0 Å². The van der Waals surface area contributed by atoms with Crippen molar-refractivity contribution in [1.29, 1.82) is 0 Å². The van der Waals surface area contributed by atoms with Crippen molar-refractivity contribution in [2.24, 2.45) is 0 Å². The van der Waals surface area contributed by atoms with Crippen molar-refractivity contribution in [2.75, 3.05) is 21.3 Å². The van der Waals surface area contributed by atoms with Crippen molar-refractivity contribution < 1.29 is 19.2 Å². The van der Waals surface area contributed by atoms with Crippen molar-refractivity contribution in [3.8, 4) is 0 Å². The molecule has 1 N–H and O–H groups in total. The van der Waals surface area contributed by atoms with Gasteiger partial charge >= 0.3 is 0 Å². The van der Waals surface area contributed by atoms with Crippen LogP contribution in [0.15, 0.2) is 0 Å². The fraction of sp³-hybridized carbons (Fsp3) is 1.00. The van der Waals surface area contributed by atoms with Gasteiger partial charge in [-0.15, -0.1) is 0 Å². The average Bonchev–Trinajstić information content (AvgIpc) is 2.26. The fourth-order valence-corrected chi connectivity index (χ4v) is 2.06. The molecule has 14 heavy (non-hydrogen) atoms. The minimum absolute atomic E-state index is 0.0244. The van der Waals surface area contributed by atoms with Gasteiger partial charge in [0.1, 0.15) is 0 Å². The molecule has 1 rings (SSSR count). The summed E-state index contributed by atoms with van der Waals surface area (Å²) in [6.45, 7) is 0. The summed E-state index contributed by atoms with van der Waals surface area (Å²) in [5, 5.41) is 9.13. The van der Waals surface area contributed by atoms with E-state index in [0.717, 1.165) is 12.8 Å². The van der Waals surface area contributed by atoms with Crippen molar-refractivity contribution >= 4 is 7.48 Å². The van der Waals surface area contributed by atoms with E-state index in [2.05, 4.69) is 0 Å². The highest BCUT2D eigenvalue weighted by atomic mass is 16.5. The van der Waals surface area contributed by atoms with Crippen molar-refractivity contribution in [1.82, 2.24) is 0 Å². The van der Waals surface area contributed by atoms with Gasteiger partial charge in [0.15, 0.2) is 0 Å². The molecular formula is C9H18BO4. The topological polar surface area (TPSA) is 47.9 Å². The number of hydrogen-bond acceptors (Lipinski definition) is 4. The third kappa shape index (κ3) is 2.48. The summed E-state index contributed by atoms with van der Waals surface area (Å²) in [6.07, 6.45) is 1.71. The Hall–Kier alpha value is -0.0951. The Morgan fingerprint density at radius 1 is 1.00 bits per heavy atom. The van der Waals surface area contributed by atoms with Gasteiger partial charge < -0.3 is 19.2 Å². The SMILES string of the molecule is COC1CC(OC)C([B]O)C(OC)C1. The van der Waals surface area contributed by atoms with E-state index in [1.807, 2.05) is 0 Å². The highest BCUT2D eigenvalue weighted by Gasteiger charge is 2.38.